The van der Waals surface area contributed by atoms with Crippen molar-refractivity contribution in [2.45, 2.75) is 44.2 Å². The summed E-state index contributed by atoms with van der Waals surface area (Å²) in [6.07, 6.45) is 4.04. The predicted octanol–water partition coefficient (Wildman–Crippen LogP) is 5.21. The van der Waals surface area contributed by atoms with Crippen LogP contribution in [0.15, 0.2) is 54.7 Å². The van der Waals surface area contributed by atoms with E-state index in [9.17, 15) is 4.79 Å². The molecule has 162 valence electrons. The third-order valence-electron chi connectivity index (χ3n) is 5.70. The number of anilines is 1. The zero-order valence-corrected chi connectivity index (χ0v) is 19.0. The molecule has 0 spiro atoms. The van der Waals surface area contributed by atoms with Gasteiger partial charge in [0.25, 0.3) is 5.91 Å². The predicted molar refractivity (Wildman–Crippen MR) is 127 cm³/mol. The minimum absolute atomic E-state index is 0.0744. The van der Waals surface area contributed by atoms with E-state index in [0.717, 1.165) is 54.6 Å². The summed E-state index contributed by atoms with van der Waals surface area (Å²) >= 11 is 1.98. The van der Waals surface area contributed by atoms with Gasteiger partial charge in [0.15, 0.2) is 0 Å². The molecule has 1 fully saturated rings. The lowest BCUT2D eigenvalue weighted by Crippen LogP contribution is -2.17. The van der Waals surface area contributed by atoms with Crippen molar-refractivity contribution in [3.05, 3.63) is 82.9 Å². The molecule has 2 aromatic heterocycles. The Morgan fingerprint density at radius 2 is 2.00 bits per heavy atom. The standard InChI is InChI=1S/C25H29N3O2S/c1-18-14-24(19(2)28(18)16-22-7-3-4-11-26-22)25(29)27-21-8-5-6-20(15-21)17-31-23-9-12-30-13-10-23/h3-8,11,14-15,23H,9-10,12-13,16-17H2,1-2H3,(H,27,29). The molecule has 1 N–H and O–H groups in total. The Balaban J connectivity index is 1.42. The Kier molecular flexibility index (Phi) is 7.10. The van der Waals surface area contributed by atoms with Crippen molar-refractivity contribution in [1.29, 1.82) is 0 Å². The second-order valence-corrected chi connectivity index (χ2v) is 9.26. The Hall–Kier alpha value is -2.57. The van der Waals surface area contributed by atoms with E-state index in [-0.39, 0.29) is 5.91 Å². The van der Waals surface area contributed by atoms with Gasteiger partial charge in [0, 0.05) is 47.5 Å². The highest BCUT2D eigenvalue weighted by atomic mass is 32.2. The van der Waals surface area contributed by atoms with Crippen LogP contribution in [0.5, 0.6) is 0 Å². The van der Waals surface area contributed by atoms with Gasteiger partial charge in [-0.2, -0.15) is 11.8 Å². The van der Waals surface area contributed by atoms with Crippen LogP contribution >= 0.6 is 11.8 Å². The van der Waals surface area contributed by atoms with Crippen LogP contribution in [-0.4, -0.2) is 33.9 Å². The van der Waals surface area contributed by atoms with E-state index in [0.29, 0.717) is 17.4 Å². The normalized spacial score (nSPS) is 14.5. The molecule has 4 rings (SSSR count). The van der Waals surface area contributed by atoms with Gasteiger partial charge in [0.05, 0.1) is 17.8 Å². The Bertz CT molecular complexity index is 1030. The maximum Gasteiger partial charge on any atom is 0.257 e. The summed E-state index contributed by atoms with van der Waals surface area (Å²) in [7, 11) is 0. The number of hydrogen-bond donors (Lipinski definition) is 1. The average Bonchev–Trinajstić information content (AvgIpc) is 3.08. The maximum absolute atomic E-state index is 13.0. The van der Waals surface area contributed by atoms with Crippen LogP contribution < -0.4 is 5.32 Å². The van der Waals surface area contributed by atoms with Gasteiger partial charge in [-0.1, -0.05) is 18.2 Å². The molecule has 1 amide bonds. The van der Waals surface area contributed by atoms with E-state index in [1.807, 2.05) is 62.0 Å². The molecule has 0 saturated carbocycles. The van der Waals surface area contributed by atoms with Crippen molar-refractivity contribution in [3.63, 3.8) is 0 Å². The van der Waals surface area contributed by atoms with E-state index < -0.39 is 0 Å². The Morgan fingerprint density at radius 3 is 2.77 bits per heavy atom. The first-order valence-corrected chi connectivity index (χ1v) is 11.8. The lowest BCUT2D eigenvalue weighted by atomic mass is 10.2. The monoisotopic (exact) mass is 435 g/mol. The number of hydrogen-bond acceptors (Lipinski definition) is 4. The van der Waals surface area contributed by atoms with Gasteiger partial charge in [-0.3, -0.25) is 9.78 Å². The number of pyridine rings is 1. The molecule has 0 bridgehead atoms. The molecule has 1 aliphatic heterocycles. The zero-order chi connectivity index (χ0) is 21.6. The van der Waals surface area contributed by atoms with Gasteiger partial charge in [-0.25, -0.2) is 0 Å². The fourth-order valence-electron chi connectivity index (χ4n) is 3.92. The molecular formula is C25H29N3O2S. The summed E-state index contributed by atoms with van der Waals surface area (Å²) in [6.45, 7) is 6.41. The fraction of sp³-hybridized carbons (Fsp3) is 0.360. The SMILES string of the molecule is Cc1cc(C(=O)Nc2cccc(CSC3CCOCC3)c2)c(C)n1Cc1ccccn1. The van der Waals surface area contributed by atoms with Crippen molar-refractivity contribution in [2.24, 2.45) is 0 Å². The third kappa shape index (κ3) is 5.57. The summed E-state index contributed by atoms with van der Waals surface area (Å²) < 4.78 is 7.58. The van der Waals surface area contributed by atoms with Crippen LogP contribution in [0.3, 0.4) is 0 Å². The molecule has 1 saturated heterocycles. The fourth-order valence-corrected chi connectivity index (χ4v) is 5.06. The number of carbonyl (C=O) groups excluding carboxylic acids is 1. The second-order valence-electron chi connectivity index (χ2n) is 7.97. The third-order valence-corrected chi connectivity index (χ3v) is 7.15. The maximum atomic E-state index is 13.0. The minimum atomic E-state index is -0.0744. The van der Waals surface area contributed by atoms with Crippen LogP contribution in [-0.2, 0) is 17.0 Å². The number of nitrogens with zero attached hydrogens (tertiary/aromatic N) is 2. The number of ether oxygens (including phenoxy) is 1. The summed E-state index contributed by atoms with van der Waals surface area (Å²) in [5.41, 5.74) is 5.75. The highest BCUT2D eigenvalue weighted by Crippen LogP contribution is 2.27. The molecular weight excluding hydrogens is 406 g/mol. The van der Waals surface area contributed by atoms with Gasteiger partial charge in [-0.05, 0) is 62.6 Å². The van der Waals surface area contributed by atoms with Crippen molar-refractivity contribution in [2.75, 3.05) is 18.5 Å². The van der Waals surface area contributed by atoms with Crippen LogP contribution in [0.2, 0.25) is 0 Å². The van der Waals surface area contributed by atoms with E-state index in [1.54, 1.807) is 6.20 Å². The smallest absolute Gasteiger partial charge is 0.257 e. The zero-order valence-electron chi connectivity index (χ0n) is 18.1. The van der Waals surface area contributed by atoms with Gasteiger partial charge < -0.3 is 14.6 Å². The number of amides is 1. The molecule has 3 heterocycles. The van der Waals surface area contributed by atoms with Crippen molar-refractivity contribution in [3.8, 4) is 0 Å². The summed E-state index contributed by atoms with van der Waals surface area (Å²) in [4.78, 5) is 17.4. The Morgan fingerprint density at radius 1 is 1.16 bits per heavy atom. The van der Waals surface area contributed by atoms with Crippen molar-refractivity contribution in [1.82, 2.24) is 9.55 Å². The van der Waals surface area contributed by atoms with Crippen LogP contribution in [0.1, 0.15) is 45.8 Å². The molecule has 1 aliphatic rings. The minimum Gasteiger partial charge on any atom is -0.381 e. The number of nitrogens with one attached hydrogen (secondary N) is 1. The lowest BCUT2D eigenvalue weighted by Gasteiger charge is -2.21. The molecule has 0 atom stereocenters. The Labute approximate surface area is 188 Å². The lowest BCUT2D eigenvalue weighted by molar-refractivity contribution is 0.1000. The number of aryl methyl sites for hydroxylation is 1. The van der Waals surface area contributed by atoms with Gasteiger partial charge in [0.1, 0.15) is 0 Å². The topological polar surface area (TPSA) is 56.1 Å². The first-order chi connectivity index (χ1) is 15.1. The number of thioether (sulfide) groups is 1. The van der Waals surface area contributed by atoms with E-state index in [4.69, 9.17) is 4.74 Å². The first-order valence-electron chi connectivity index (χ1n) is 10.8. The molecule has 31 heavy (non-hydrogen) atoms. The van der Waals surface area contributed by atoms with Crippen molar-refractivity contribution < 1.29 is 9.53 Å². The van der Waals surface area contributed by atoms with Crippen LogP contribution in [0, 0.1) is 13.8 Å². The first kappa shape index (κ1) is 21.7. The molecule has 5 nitrogen and oxygen atoms in total. The van der Waals surface area contributed by atoms with E-state index in [2.05, 4.69) is 27.0 Å². The van der Waals surface area contributed by atoms with Crippen molar-refractivity contribution >= 4 is 23.4 Å². The summed E-state index contributed by atoms with van der Waals surface area (Å²) in [5.74, 6) is 0.877. The highest BCUT2D eigenvalue weighted by molar-refractivity contribution is 7.99. The summed E-state index contributed by atoms with van der Waals surface area (Å²) in [6, 6.07) is 16.0. The number of benzene rings is 1. The number of rotatable bonds is 7. The van der Waals surface area contributed by atoms with Gasteiger partial charge in [0.2, 0.25) is 0 Å². The molecule has 0 radical (unpaired) electrons. The largest absolute Gasteiger partial charge is 0.381 e. The highest BCUT2D eigenvalue weighted by Gasteiger charge is 2.17. The molecule has 0 unspecified atom stereocenters. The molecule has 3 aromatic rings. The second kappa shape index (κ2) is 10.2. The summed E-state index contributed by atoms with van der Waals surface area (Å²) in [5, 5.41) is 3.75. The number of aromatic nitrogens is 2. The molecule has 1 aromatic carbocycles. The molecule has 6 heteroatoms. The van der Waals surface area contributed by atoms with E-state index >= 15 is 0 Å². The van der Waals surface area contributed by atoms with Crippen LogP contribution in [0.4, 0.5) is 5.69 Å². The van der Waals surface area contributed by atoms with Crippen LogP contribution in [0.25, 0.3) is 0 Å². The van der Waals surface area contributed by atoms with Gasteiger partial charge >= 0.3 is 0 Å². The average molecular weight is 436 g/mol. The molecule has 0 aliphatic carbocycles. The number of carbonyl (C=O) groups is 1. The van der Waals surface area contributed by atoms with E-state index in [1.165, 1.54) is 5.56 Å². The van der Waals surface area contributed by atoms with Gasteiger partial charge in [-0.15, -0.1) is 0 Å². The quantitative estimate of drug-likeness (QED) is 0.553.